The summed E-state index contributed by atoms with van der Waals surface area (Å²) in [6.45, 7) is 3.54. The van der Waals surface area contributed by atoms with Gasteiger partial charge in [-0.15, -0.1) is 11.8 Å². The fourth-order valence-corrected chi connectivity index (χ4v) is 10.7. The van der Waals surface area contributed by atoms with Crippen LogP contribution in [-0.4, -0.2) is 114 Å². The van der Waals surface area contributed by atoms with Gasteiger partial charge in [0.15, 0.2) is 0 Å². The third-order valence-corrected chi connectivity index (χ3v) is 15.8. The van der Waals surface area contributed by atoms with E-state index in [-0.39, 0.29) is 0 Å². The number of thioether (sulfide) groups is 1. The van der Waals surface area contributed by atoms with E-state index in [0.717, 1.165) is 18.6 Å². The summed E-state index contributed by atoms with van der Waals surface area (Å²) in [4.78, 5) is -0.530. The van der Waals surface area contributed by atoms with Gasteiger partial charge in [-0.2, -0.15) is 0 Å². The van der Waals surface area contributed by atoms with Crippen molar-refractivity contribution in [2.45, 2.75) is 42.9 Å². The molecule has 0 atom stereocenters. The molecule has 0 rings (SSSR count). The molecule has 0 radical (unpaired) electrons. The first-order valence-corrected chi connectivity index (χ1v) is 18.1. The summed E-state index contributed by atoms with van der Waals surface area (Å²) in [5.74, 6) is 0.876. The van der Waals surface area contributed by atoms with E-state index in [4.69, 9.17) is 39.8 Å². The van der Waals surface area contributed by atoms with Crippen LogP contribution >= 0.6 is 11.8 Å². The van der Waals surface area contributed by atoms with E-state index >= 15 is 0 Å². The third-order valence-electron chi connectivity index (χ3n) is 5.80. The first-order valence-electron chi connectivity index (χ1n) is 11.3. The average Bonchev–Trinajstić information content (AvgIpc) is 2.88. The fraction of sp³-hybridized carbons (Fsp3) is 1.00. The van der Waals surface area contributed by atoms with Crippen LogP contribution in [0.15, 0.2) is 0 Å². The van der Waals surface area contributed by atoms with Gasteiger partial charge in [0.05, 0.1) is 6.04 Å². The summed E-state index contributed by atoms with van der Waals surface area (Å²) in [5.41, 5.74) is 0. The van der Waals surface area contributed by atoms with E-state index in [1.54, 1.807) is 75.8 Å². The molecule has 34 heavy (non-hydrogen) atoms. The van der Waals surface area contributed by atoms with E-state index in [9.17, 15) is 0 Å². The van der Waals surface area contributed by atoms with Crippen LogP contribution in [0.25, 0.3) is 0 Å². The highest BCUT2D eigenvalue weighted by Gasteiger charge is 2.48. The molecule has 0 saturated carbocycles. The van der Waals surface area contributed by atoms with Crippen LogP contribution in [0.5, 0.6) is 0 Å². The zero-order valence-corrected chi connectivity index (χ0v) is 26.6. The predicted octanol–water partition coefficient (Wildman–Crippen LogP) is 1.99. The van der Waals surface area contributed by atoms with Gasteiger partial charge in [0.25, 0.3) is 0 Å². The summed E-state index contributed by atoms with van der Waals surface area (Å²) in [6.07, 6.45) is 1.62. The van der Waals surface area contributed by atoms with Gasteiger partial charge in [0, 0.05) is 76.1 Å². The second kappa shape index (κ2) is 17.9. The lowest BCUT2D eigenvalue weighted by Gasteiger charge is -2.40. The molecule has 0 heterocycles. The quantitative estimate of drug-likeness (QED) is 0.108. The van der Waals surface area contributed by atoms with Crippen LogP contribution in [0.2, 0.25) is 18.1 Å². The van der Waals surface area contributed by atoms with Crippen LogP contribution in [0.4, 0.5) is 0 Å². The number of rotatable bonds is 23. The lowest BCUT2D eigenvalue weighted by molar-refractivity contribution is 0.114. The van der Waals surface area contributed by atoms with Gasteiger partial charge < -0.3 is 39.8 Å². The molecule has 0 unspecified atom stereocenters. The largest absolute Gasteiger partial charge is 0.504 e. The van der Waals surface area contributed by atoms with Crippen molar-refractivity contribution in [1.82, 2.24) is 10.6 Å². The molecule has 2 N–H and O–H groups in total. The normalized spacial score (nSPS) is 13.6. The third kappa shape index (κ3) is 10.5. The molecule has 0 spiro atoms. The second-order valence-corrected chi connectivity index (χ2v) is 18.1. The molecule has 0 aliphatic rings. The van der Waals surface area contributed by atoms with Crippen molar-refractivity contribution in [2.75, 3.05) is 82.8 Å². The Labute approximate surface area is 214 Å². The summed E-state index contributed by atoms with van der Waals surface area (Å²) in [7, 11) is 6.50. The summed E-state index contributed by atoms with van der Waals surface area (Å²) in [5, 5.41) is 7.39. The molecular formula is C19H48N2O9SSi3. The zero-order chi connectivity index (χ0) is 26.1. The minimum atomic E-state index is -2.90. The SMILES string of the molecule is CCSC(C[Si](OC)(OC)OC)(NCCC[Si](OC)(OC)OC)NCCC[Si](OC)(OC)OC. The van der Waals surface area contributed by atoms with Gasteiger partial charge in [-0.3, -0.25) is 10.6 Å². The van der Waals surface area contributed by atoms with Crippen molar-refractivity contribution in [3.05, 3.63) is 0 Å². The van der Waals surface area contributed by atoms with Gasteiger partial charge in [-0.25, -0.2) is 0 Å². The lowest BCUT2D eigenvalue weighted by Crippen LogP contribution is -2.61. The Morgan fingerprint density at radius 1 is 0.559 bits per heavy atom. The van der Waals surface area contributed by atoms with Crippen molar-refractivity contribution in [3.63, 3.8) is 0 Å². The molecule has 0 aromatic rings. The molecule has 0 amide bonds. The van der Waals surface area contributed by atoms with E-state index in [0.29, 0.717) is 31.2 Å². The first-order chi connectivity index (χ1) is 16.2. The second-order valence-electron chi connectivity index (χ2n) is 7.38. The molecule has 0 saturated heterocycles. The molecule has 0 bridgehead atoms. The number of hydrogen-bond acceptors (Lipinski definition) is 12. The van der Waals surface area contributed by atoms with E-state index < -0.39 is 31.4 Å². The van der Waals surface area contributed by atoms with E-state index in [2.05, 4.69) is 17.6 Å². The maximum Gasteiger partial charge on any atom is 0.504 e. The Morgan fingerprint density at radius 2 is 0.882 bits per heavy atom. The number of hydrogen-bond donors (Lipinski definition) is 2. The van der Waals surface area contributed by atoms with Crippen molar-refractivity contribution < 1.29 is 39.8 Å². The minimum Gasteiger partial charge on any atom is -0.377 e. The average molecular weight is 565 g/mol. The van der Waals surface area contributed by atoms with Crippen molar-refractivity contribution in [1.29, 1.82) is 0 Å². The predicted molar refractivity (Wildman–Crippen MR) is 141 cm³/mol. The number of nitrogens with one attached hydrogen (secondary N) is 2. The van der Waals surface area contributed by atoms with Crippen LogP contribution in [0.3, 0.4) is 0 Å². The highest BCUT2D eigenvalue weighted by atomic mass is 32.2. The Bertz CT molecular complexity index is 465. The molecule has 0 aromatic carbocycles. The highest BCUT2D eigenvalue weighted by Crippen LogP contribution is 2.31. The topological polar surface area (TPSA) is 107 Å². The van der Waals surface area contributed by atoms with Crippen molar-refractivity contribution >= 4 is 38.2 Å². The van der Waals surface area contributed by atoms with Crippen molar-refractivity contribution in [3.8, 4) is 0 Å². The first kappa shape index (κ1) is 34.6. The van der Waals surface area contributed by atoms with Crippen molar-refractivity contribution in [2.24, 2.45) is 0 Å². The smallest absolute Gasteiger partial charge is 0.377 e. The van der Waals surface area contributed by atoms with E-state index in [1.807, 2.05) is 0 Å². The Morgan fingerprint density at radius 3 is 1.15 bits per heavy atom. The van der Waals surface area contributed by atoms with Gasteiger partial charge in [-0.1, -0.05) is 6.92 Å². The molecule has 0 aliphatic carbocycles. The Kier molecular flexibility index (Phi) is 18.2. The zero-order valence-electron chi connectivity index (χ0n) is 22.7. The Hall–Kier alpha value is 0.561. The Balaban J connectivity index is 5.48. The van der Waals surface area contributed by atoms with Crippen LogP contribution in [0.1, 0.15) is 19.8 Å². The van der Waals surface area contributed by atoms with Crippen LogP contribution in [-0.2, 0) is 39.8 Å². The van der Waals surface area contributed by atoms with Crippen LogP contribution in [0, 0.1) is 0 Å². The van der Waals surface area contributed by atoms with Gasteiger partial charge in [-0.05, 0) is 31.7 Å². The molecular weight excluding hydrogens is 517 g/mol. The molecule has 0 aromatic heterocycles. The molecule has 0 fully saturated rings. The maximum absolute atomic E-state index is 5.76. The molecule has 206 valence electrons. The minimum absolute atomic E-state index is 0.530. The van der Waals surface area contributed by atoms with E-state index in [1.165, 1.54) is 0 Å². The highest BCUT2D eigenvalue weighted by molar-refractivity contribution is 8.00. The van der Waals surface area contributed by atoms with Crippen LogP contribution < -0.4 is 10.6 Å². The summed E-state index contributed by atoms with van der Waals surface area (Å²) < 4.78 is 50.6. The maximum atomic E-state index is 5.76. The summed E-state index contributed by atoms with van der Waals surface area (Å²) in [6, 6.07) is 1.92. The molecule has 0 aliphatic heterocycles. The fourth-order valence-electron chi connectivity index (χ4n) is 3.66. The summed E-state index contributed by atoms with van der Waals surface area (Å²) >= 11 is 1.75. The standard InChI is InChI=1S/C19H48N2O9SSi3/c1-11-31-19(18-34(28-8,29-9)30-10,20-14-12-16-32(22-2,23-3)24-4)21-15-13-17-33(25-5,26-6)27-7/h20-21H,11-18H2,1-10H3. The van der Waals surface area contributed by atoms with Gasteiger partial charge in [0.1, 0.15) is 4.99 Å². The van der Waals surface area contributed by atoms with Gasteiger partial charge >= 0.3 is 26.4 Å². The molecule has 11 nitrogen and oxygen atoms in total. The lowest BCUT2D eigenvalue weighted by atomic mass is 10.4. The monoisotopic (exact) mass is 564 g/mol. The molecule has 15 heteroatoms. The van der Waals surface area contributed by atoms with Gasteiger partial charge in [0.2, 0.25) is 0 Å².